The molecule has 2 bridgehead atoms. The average molecular weight is 411 g/mol. The lowest BCUT2D eigenvalue weighted by molar-refractivity contribution is 0.0729. The third-order valence-electron chi connectivity index (χ3n) is 6.58. The lowest BCUT2D eigenvalue weighted by atomic mass is 9.84. The highest BCUT2D eigenvalue weighted by molar-refractivity contribution is 7.89. The number of halogens is 1. The van der Waals surface area contributed by atoms with Crippen LogP contribution < -0.4 is 5.32 Å². The van der Waals surface area contributed by atoms with Gasteiger partial charge in [0.15, 0.2) is 0 Å². The molecule has 154 valence electrons. The van der Waals surface area contributed by atoms with Gasteiger partial charge in [-0.15, -0.1) is 0 Å². The quantitative estimate of drug-likeness (QED) is 0.809. The standard InChI is InChI=1S/C20H27FN2O4S/c1-13(17-11-14-2-3-15(17)10-14)22-20(24)16-4-5-18(21)19(12-16)28(25,26)23-6-8-27-9-7-23/h4-5,12-15,17H,2-3,6-11H2,1H3,(H,22,24)/t13-,14+,15+,17+/m1/s1. The Bertz CT molecular complexity index is 854. The first-order valence-corrected chi connectivity index (χ1v) is 11.5. The van der Waals surface area contributed by atoms with Gasteiger partial charge in [-0.1, -0.05) is 6.42 Å². The van der Waals surface area contributed by atoms with Crippen molar-refractivity contribution in [2.45, 2.75) is 43.5 Å². The molecule has 4 rings (SSSR count). The van der Waals surface area contributed by atoms with Crippen molar-refractivity contribution >= 4 is 15.9 Å². The molecule has 3 aliphatic rings. The van der Waals surface area contributed by atoms with Gasteiger partial charge in [-0.05, 0) is 62.1 Å². The first-order valence-electron chi connectivity index (χ1n) is 10.0. The number of hydrogen-bond acceptors (Lipinski definition) is 4. The van der Waals surface area contributed by atoms with Crippen molar-refractivity contribution in [1.82, 2.24) is 9.62 Å². The summed E-state index contributed by atoms with van der Waals surface area (Å²) < 4.78 is 46.3. The summed E-state index contributed by atoms with van der Waals surface area (Å²) in [5.74, 6) is 0.730. The third kappa shape index (κ3) is 3.69. The van der Waals surface area contributed by atoms with Gasteiger partial charge in [0, 0.05) is 24.7 Å². The maximum Gasteiger partial charge on any atom is 0.251 e. The Labute approximate surface area is 165 Å². The number of carbonyl (C=O) groups is 1. The highest BCUT2D eigenvalue weighted by atomic mass is 32.2. The van der Waals surface area contributed by atoms with Gasteiger partial charge in [-0.3, -0.25) is 4.79 Å². The van der Waals surface area contributed by atoms with Crippen LogP contribution in [0.1, 0.15) is 43.0 Å². The number of morpholine rings is 1. The molecule has 8 heteroatoms. The maximum absolute atomic E-state index is 14.3. The van der Waals surface area contributed by atoms with Crippen molar-refractivity contribution in [3.8, 4) is 0 Å². The molecule has 0 spiro atoms. The van der Waals surface area contributed by atoms with Crippen LogP contribution in [0.5, 0.6) is 0 Å². The molecule has 0 unspecified atom stereocenters. The van der Waals surface area contributed by atoms with E-state index in [0.717, 1.165) is 24.5 Å². The van der Waals surface area contributed by atoms with Crippen LogP contribution in [0.25, 0.3) is 0 Å². The molecule has 0 aromatic heterocycles. The zero-order chi connectivity index (χ0) is 19.9. The minimum absolute atomic E-state index is 0.0205. The van der Waals surface area contributed by atoms with Crippen LogP contribution in [-0.4, -0.2) is 51.0 Å². The van der Waals surface area contributed by atoms with Gasteiger partial charge in [0.1, 0.15) is 10.7 Å². The SMILES string of the molecule is C[C@@H](NC(=O)c1ccc(F)c(S(=O)(=O)N2CCOCC2)c1)[C@@H]1C[C@H]2CC[C@H]1C2. The van der Waals surface area contributed by atoms with Crippen LogP contribution in [-0.2, 0) is 14.8 Å². The summed E-state index contributed by atoms with van der Waals surface area (Å²) in [4.78, 5) is 12.3. The monoisotopic (exact) mass is 410 g/mol. The molecule has 4 atom stereocenters. The molecule has 0 radical (unpaired) electrons. The first kappa shape index (κ1) is 19.8. The molecule has 1 amide bonds. The summed E-state index contributed by atoms with van der Waals surface area (Å²) in [5, 5.41) is 3.01. The number of nitrogens with one attached hydrogen (secondary N) is 1. The van der Waals surface area contributed by atoms with Crippen LogP contribution in [0.2, 0.25) is 0 Å². The summed E-state index contributed by atoms with van der Waals surface area (Å²) in [5.41, 5.74) is 0.170. The molecule has 2 saturated carbocycles. The van der Waals surface area contributed by atoms with Crippen molar-refractivity contribution in [3.63, 3.8) is 0 Å². The summed E-state index contributed by atoms with van der Waals surface area (Å²) in [7, 11) is -4.00. The fraction of sp³-hybridized carbons (Fsp3) is 0.650. The molecule has 1 N–H and O–H groups in total. The summed E-state index contributed by atoms with van der Waals surface area (Å²) in [6, 6.07) is 3.58. The van der Waals surface area contributed by atoms with E-state index in [2.05, 4.69) is 5.32 Å². The molecular formula is C20H27FN2O4S. The second-order valence-corrected chi connectivity index (χ2v) is 10.2. The van der Waals surface area contributed by atoms with E-state index < -0.39 is 20.7 Å². The number of fused-ring (bicyclic) bond motifs is 2. The number of hydrogen-bond donors (Lipinski definition) is 1. The number of nitrogens with zero attached hydrogens (tertiary/aromatic N) is 1. The van der Waals surface area contributed by atoms with Crippen molar-refractivity contribution in [2.75, 3.05) is 26.3 Å². The third-order valence-corrected chi connectivity index (χ3v) is 8.49. The second kappa shape index (κ2) is 7.72. The van der Waals surface area contributed by atoms with Gasteiger partial charge in [0.25, 0.3) is 5.91 Å². The Kier molecular flexibility index (Phi) is 5.46. The molecule has 1 saturated heterocycles. The van der Waals surface area contributed by atoms with Crippen LogP contribution in [0.15, 0.2) is 23.1 Å². The van der Waals surface area contributed by atoms with E-state index in [1.54, 1.807) is 0 Å². The van der Waals surface area contributed by atoms with Crippen LogP contribution in [0, 0.1) is 23.6 Å². The summed E-state index contributed by atoms with van der Waals surface area (Å²) >= 11 is 0. The van der Waals surface area contributed by atoms with E-state index in [9.17, 15) is 17.6 Å². The highest BCUT2D eigenvalue weighted by Gasteiger charge is 2.42. The molecule has 1 aromatic rings. The highest BCUT2D eigenvalue weighted by Crippen LogP contribution is 2.49. The number of benzene rings is 1. The number of ether oxygens (including phenoxy) is 1. The molecule has 28 heavy (non-hydrogen) atoms. The molecule has 3 fully saturated rings. The van der Waals surface area contributed by atoms with Crippen LogP contribution in [0.4, 0.5) is 4.39 Å². The Hall–Kier alpha value is -1.51. The van der Waals surface area contributed by atoms with Gasteiger partial charge in [0.05, 0.1) is 13.2 Å². The van der Waals surface area contributed by atoms with Crippen molar-refractivity contribution in [2.24, 2.45) is 17.8 Å². The molecular weight excluding hydrogens is 383 g/mol. The Balaban J connectivity index is 1.50. The zero-order valence-corrected chi connectivity index (χ0v) is 16.9. The normalized spacial score (nSPS) is 29.0. The van der Waals surface area contributed by atoms with Crippen LogP contribution >= 0.6 is 0 Å². The number of carbonyl (C=O) groups excluding carboxylic acids is 1. The smallest absolute Gasteiger partial charge is 0.251 e. The van der Waals surface area contributed by atoms with Gasteiger partial charge < -0.3 is 10.1 Å². The Morgan fingerprint density at radius 3 is 2.64 bits per heavy atom. The first-order chi connectivity index (χ1) is 13.4. The van der Waals surface area contributed by atoms with Gasteiger partial charge in [-0.2, -0.15) is 4.31 Å². The molecule has 1 aliphatic heterocycles. The fourth-order valence-electron chi connectivity index (χ4n) is 5.07. The Morgan fingerprint density at radius 2 is 2.00 bits per heavy atom. The largest absolute Gasteiger partial charge is 0.379 e. The van der Waals surface area contributed by atoms with E-state index in [0.29, 0.717) is 11.8 Å². The van der Waals surface area contributed by atoms with E-state index in [1.807, 2.05) is 6.92 Å². The van der Waals surface area contributed by atoms with E-state index >= 15 is 0 Å². The molecule has 2 aliphatic carbocycles. The summed E-state index contributed by atoms with van der Waals surface area (Å²) in [6.45, 7) is 2.93. The topological polar surface area (TPSA) is 75.7 Å². The molecule has 1 aromatic carbocycles. The molecule has 1 heterocycles. The Morgan fingerprint density at radius 1 is 1.25 bits per heavy atom. The maximum atomic E-state index is 14.3. The summed E-state index contributed by atoms with van der Waals surface area (Å²) in [6.07, 6.45) is 4.92. The lowest BCUT2D eigenvalue weighted by Gasteiger charge is -2.28. The minimum Gasteiger partial charge on any atom is -0.379 e. The molecule has 6 nitrogen and oxygen atoms in total. The second-order valence-electron chi connectivity index (χ2n) is 8.26. The number of sulfonamides is 1. The van der Waals surface area contributed by atoms with Crippen molar-refractivity contribution < 1.29 is 22.3 Å². The minimum atomic E-state index is -4.00. The van der Waals surface area contributed by atoms with Crippen molar-refractivity contribution in [3.05, 3.63) is 29.6 Å². The zero-order valence-electron chi connectivity index (χ0n) is 16.1. The van der Waals surface area contributed by atoms with Gasteiger partial charge in [0.2, 0.25) is 10.0 Å². The van der Waals surface area contributed by atoms with Gasteiger partial charge >= 0.3 is 0 Å². The number of amides is 1. The fourth-order valence-corrected chi connectivity index (χ4v) is 6.57. The average Bonchev–Trinajstić information content (AvgIpc) is 3.32. The van der Waals surface area contributed by atoms with Crippen LogP contribution in [0.3, 0.4) is 0 Å². The lowest BCUT2D eigenvalue weighted by Crippen LogP contribution is -2.41. The number of rotatable bonds is 5. The van der Waals surface area contributed by atoms with Crippen molar-refractivity contribution in [1.29, 1.82) is 0 Å². The predicted molar refractivity (Wildman–Crippen MR) is 102 cm³/mol. The van der Waals surface area contributed by atoms with E-state index in [1.165, 1.54) is 29.6 Å². The predicted octanol–water partition coefficient (Wildman–Crippen LogP) is 2.40. The van der Waals surface area contributed by atoms with E-state index in [4.69, 9.17) is 4.74 Å². The van der Waals surface area contributed by atoms with Gasteiger partial charge in [-0.25, -0.2) is 12.8 Å². The van der Waals surface area contributed by atoms with E-state index in [-0.39, 0.29) is 43.8 Å².